The van der Waals surface area contributed by atoms with E-state index < -0.39 is 0 Å². The lowest BCUT2D eigenvalue weighted by Crippen LogP contribution is -1.91. The standard InChI is InChI=1S/C15H17N3O.ClH.H2O/c1-19-15-6-4-13(5-7-15)3-2-10-17-18-14-8-11-16-12-9-14;;/h4-12H,2-3H2,1H3,(H,16,18);1H;1H2. The largest absolute Gasteiger partial charge is 0.497 e. The monoisotopic (exact) mass is 309 g/mol. The summed E-state index contributed by atoms with van der Waals surface area (Å²) in [5.74, 6) is 0.886. The number of pyridine rings is 1. The van der Waals surface area contributed by atoms with Crippen molar-refractivity contribution in [3.05, 3.63) is 54.4 Å². The number of ether oxygens (including phenoxy) is 1. The van der Waals surface area contributed by atoms with Crippen molar-refractivity contribution in [2.24, 2.45) is 5.10 Å². The molecule has 2 rings (SSSR count). The van der Waals surface area contributed by atoms with Crippen LogP contribution >= 0.6 is 12.4 Å². The number of hydrogen-bond donors (Lipinski definition) is 1. The topological polar surface area (TPSA) is 78.0 Å². The van der Waals surface area contributed by atoms with E-state index in [4.69, 9.17) is 4.74 Å². The second-order valence-electron chi connectivity index (χ2n) is 4.05. The van der Waals surface area contributed by atoms with Crippen LogP contribution in [0.15, 0.2) is 53.9 Å². The lowest BCUT2D eigenvalue weighted by atomic mass is 10.1. The maximum atomic E-state index is 5.12. The van der Waals surface area contributed by atoms with Crippen LogP contribution in [0, 0.1) is 0 Å². The number of nitrogens with one attached hydrogen (secondary N) is 1. The highest BCUT2D eigenvalue weighted by molar-refractivity contribution is 5.85. The van der Waals surface area contributed by atoms with Crippen molar-refractivity contribution in [1.29, 1.82) is 0 Å². The Kier molecular flexibility index (Phi) is 9.58. The molecule has 21 heavy (non-hydrogen) atoms. The average Bonchev–Trinajstić information content (AvgIpc) is 2.49. The van der Waals surface area contributed by atoms with Crippen LogP contribution < -0.4 is 10.2 Å². The minimum absolute atomic E-state index is 0. The Morgan fingerprint density at radius 1 is 1.14 bits per heavy atom. The number of hydrazone groups is 1. The lowest BCUT2D eigenvalue weighted by Gasteiger charge is -2.01. The highest BCUT2D eigenvalue weighted by atomic mass is 35.5. The van der Waals surface area contributed by atoms with E-state index in [2.05, 4.69) is 27.6 Å². The number of benzene rings is 1. The second-order valence-corrected chi connectivity index (χ2v) is 4.05. The van der Waals surface area contributed by atoms with E-state index in [1.54, 1.807) is 19.5 Å². The van der Waals surface area contributed by atoms with Gasteiger partial charge in [-0.05, 0) is 42.7 Å². The Hall–Kier alpha value is -2.11. The Bertz CT molecular complexity index is 518. The molecular formula is C15H20ClN3O2. The zero-order chi connectivity index (χ0) is 13.3. The van der Waals surface area contributed by atoms with E-state index in [0.717, 1.165) is 24.3 Å². The molecule has 1 aromatic carbocycles. The first kappa shape index (κ1) is 18.9. The van der Waals surface area contributed by atoms with E-state index >= 15 is 0 Å². The molecule has 0 bridgehead atoms. The van der Waals surface area contributed by atoms with Gasteiger partial charge in [0.25, 0.3) is 0 Å². The van der Waals surface area contributed by atoms with Gasteiger partial charge < -0.3 is 10.2 Å². The minimum atomic E-state index is 0. The van der Waals surface area contributed by atoms with Gasteiger partial charge in [0.2, 0.25) is 0 Å². The fraction of sp³-hybridized carbons (Fsp3) is 0.200. The van der Waals surface area contributed by atoms with Crippen LogP contribution in [-0.2, 0) is 6.42 Å². The fourth-order valence-corrected chi connectivity index (χ4v) is 1.63. The molecule has 0 amide bonds. The van der Waals surface area contributed by atoms with Crippen LogP contribution in [0.25, 0.3) is 0 Å². The summed E-state index contributed by atoms with van der Waals surface area (Å²) < 4.78 is 5.12. The van der Waals surface area contributed by atoms with Gasteiger partial charge in [-0.1, -0.05) is 12.1 Å². The van der Waals surface area contributed by atoms with Crippen molar-refractivity contribution >= 4 is 24.3 Å². The summed E-state index contributed by atoms with van der Waals surface area (Å²) in [5.41, 5.74) is 5.17. The highest BCUT2D eigenvalue weighted by Crippen LogP contribution is 2.12. The van der Waals surface area contributed by atoms with Crippen LogP contribution in [0.4, 0.5) is 5.69 Å². The van der Waals surface area contributed by atoms with Crippen molar-refractivity contribution in [3.8, 4) is 5.75 Å². The van der Waals surface area contributed by atoms with Gasteiger partial charge in [-0.25, -0.2) is 0 Å². The van der Waals surface area contributed by atoms with E-state index in [0.29, 0.717) is 0 Å². The summed E-state index contributed by atoms with van der Waals surface area (Å²) in [6.45, 7) is 0. The summed E-state index contributed by atoms with van der Waals surface area (Å²) >= 11 is 0. The minimum Gasteiger partial charge on any atom is -0.497 e. The molecule has 0 spiro atoms. The number of aryl methyl sites for hydroxylation is 1. The first-order valence-corrected chi connectivity index (χ1v) is 6.19. The van der Waals surface area contributed by atoms with Crippen molar-refractivity contribution in [2.45, 2.75) is 12.8 Å². The first-order chi connectivity index (χ1) is 9.38. The number of halogens is 1. The summed E-state index contributed by atoms with van der Waals surface area (Å²) in [6, 6.07) is 11.8. The number of hydrogen-bond acceptors (Lipinski definition) is 4. The fourth-order valence-electron chi connectivity index (χ4n) is 1.63. The van der Waals surface area contributed by atoms with Crippen molar-refractivity contribution in [3.63, 3.8) is 0 Å². The van der Waals surface area contributed by atoms with Gasteiger partial charge in [0, 0.05) is 18.6 Å². The molecule has 0 aliphatic heterocycles. The maximum absolute atomic E-state index is 5.12. The molecule has 1 aromatic heterocycles. The number of anilines is 1. The summed E-state index contributed by atoms with van der Waals surface area (Å²) in [5, 5.41) is 4.16. The Balaban J connectivity index is 0.00000200. The summed E-state index contributed by atoms with van der Waals surface area (Å²) in [6.07, 6.45) is 7.20. The van der Waals surface area contributed by atoms with E-state index in [1.165, 1.54) is 5.56 Å². The highest BCUT2D eigenvalue weighted by Gasteiger charge is 1.93. The first-order valence-electron chi connectivity index (χ1n) is 6.19. The molecule has 0 aliphatic carbocycles. The zero-order valence-electron chi connectivity index (χ0n) is 11.8. The molecule has 0 fully saturated rings. The van der Waals surface area contributed by atoms with Crippen molar-refractivity contribution < 1.29 is 10.2 Å². The second kappa shape index (κ2) is 10.7. The predicted octanol–water partition coefficient (Wildman–Crippen LogP) is 2.72. The van der Waals surface area contributed by atoms with Crippen molar-refractivity contribution in [1.82, 2.24) is 4.98 Å². The number of aromatic nitrogens is 1. The average molecular weight is 310 g/mol. The smallest absolute Gasteiger partial charge is 0.118 e. The number of methoxy groups -OCH3 is 1. The van der Waals surface area contributed by atoms with Gasteiger partial charge in [-0.2, -0.15) is 5.10 Å². The lowest BCUT2D eigenvalue weighted by molar-refractivity contribution is 0.414. The Morgan fingerprint density at radius 3 is 2.43 bits per heavy atom. The molecule has 1 heterocycles. The van der Waals surface area contributed by atoms with Gasteiger partial charge in [-0.15, -0.1) is 12.4 Å². The molecule has 0 radical (unpaired) electrons. The Labute approximate surface area is 130 Å². The SMILES string of the molecule is COc1ccc(CCC=NNc2ccncc2)cc1.Cl.O. The molecule has 5 nitrogen and oxygen atoms in total. The van der Waals surface area contributed by atoms with E-state index in [1.807, 2.05) is 30.5 Å². The molecule has 0 saturated heterocycles. The normalized spacial score (nSPS) is 9.57. The third-order valence-electron chi connectivity index (χ3n) is 2.69. The third-order valence-corrected chi connectivity index (χ3v) is 2.69. The molecule has 6 heteroatoms. The van der Waals surface area contributed by atoms with E-state index in [-0.39, 0.29) is 17.9 Å². The molecule has 0 saturated carbocycles. The molecule has 0 unspecified atom stereocenters. The van der Waals surface area contributed by atoms with Gasteiger partial charge in [0.1, 0.15) is 5.75 Å². The van der Waals surface area contributed by atoms with Gasteiger partial charge in [0.15, 0.2) is 0 Å². The molecule has 2 aromatic rings. The van der Waals surface area contributed by atoms with Crippen LogP contribution in [0.3, 0.4) is 0 Å². The Morgan fingerprint density at radius 2 is 1.81 bits per heavy atom. The van der Waals surface area contributed by atoms with Gasteiger partial charge in [-0.3, -0.25) is 10.4 Å². The van der Waals surface area contributed by atoms with Crippen LogP contribution in [0.1, 0.15) is 12.0 Å². The van der Waals surface area contributed by atoms with E-state index in [9.17, 15) is 0 Å². The quantitative estimate of drug-likeness (QED) is 0.658. The van der Waals surface area contributed by atoms with Crippen LogP contribution in [0.2, 0.25) is 0 Å². The van der Waals surface area contributed by atoms with Gasteiger partial charge in [0.05, 0.1) is 12.8 Å². The maximum Gasteiger partial charge on any atom is 0.118 e. The van der Waals surface area contributed by atoms with Crippen molar-refractivity contribution in [2.75, 3.05) is 12.5 Å². The third kappa shape index (κ3) is 6.74. The predicted molar refractivity (Wildman–Crippen MR) is 88.5 cm³/mol. The molecule has 3 N–H and O–H groups in total. The van der Waals surface area contributed by atoms with Crippen LogP contribution in [0.5, 0.6) is 5.75 Å². The molecular weight excluding hydrogens is 290 g/mol. The summed E-state index contributed by atoms with van der Waals surface area (Å²) in [7, 11) is 1.67. The molecule has 114 valence electrons. The number of rotatable bonds is 6. The zero-order valence-corrected chi connectivity index (χ0v) is 12.6. The molecule has 0 atom stereocenters. The summed E-state index contributed by atoms with van der Waals surface area (Å²) in [4.78, 5) is 3.94. The molecule has 0 aliphatic rings. The van der Waals surface area contributed by atoms with Gasteiger partial charge >= 0.3 is 0 Å². The number of nitrogens with zero attached hydrogens (tertiary/aromatic N) is 2. The van der Waals surface area contributed by atoms with Crippen LogP contribution in [-0.4, -0.2) is 23.8 Å².